The van der Waals surface area contributed by atoms with E-state index >= 15 is 0 Å². The average molecular weight is 488 g/mol. The SMILES string of the molecule is CN(C)C(=O)c1ccc(NC(=O)C(C)(C)[C@H]2C[C@H]3C[C@@H](c4ccnc5ccc(F)cc45)C[C@H]3C2)cc1. The fraction of sp³-hybridized carbons (Fsp3) is 0.433. The first-order chi connectivity index (χ1) is 17.1. The number of pyridine rings is 1. The van der Waals surface area contributed by atoms with E-state index in [1.165, 1.54) is 16.5 Å². The summed E-state index contributed by atoms with van der Waals surface area (Å²) in [5.41, 5.74) is 2.86. The van der Waals surface area contributed by atoms with E-state index in [0.29, 0.717) is 34.9 Å². The highest BCUT2D eigenvalue weighted by molar-refractivity contribution is 5.97. The van der Waals surface area contributed by atoms with Crippen LogP contribution in [0.2, 0.25) is 0 Å². The lowest BCUT2D eigenvalue weighted by Crippen LogP contribution is -2.37. The molecule has 0 radical (unpaired) electrons. The minimum absolute atomic E-state index is 0.0197. The number of carbonyl (C=O) groups excluding carboxylic acids is 2. The second kappa shape index (κ2) is 9.30. The van der Waals surface area contributed by atoms with Gasteiger partial charge in [0.25, 0.3) is 5.91 Å². The fourth-order valence-corrected chi connectivity index (χ4v) is 6.39. The maximum absolute atomic E-state index is 14.0. The molecule has 188 valence electrons. The lowest BCUT2D eigenvalue weighted by molar-refractivity contribution is -0.126. The number of hydrogen-bond acceptors (Lipinski definition) is 3. The number of hydrogen-bond donors (Lipinski definition) is 1. The van der Waals surface area contributed by atoms with Crippen LogP contribution in [0.1, 0.15) is 61.4 Å². The Morgan fingerprint density at radius 3 is 2.28 bits per heavy atom. The van der Waals surface area contributed by atoms with Crippen LogP contribution in [-0.4, -0.2) is 35.8 Å². The molecule has 0 unspecified atom stereocenters. The van der Waals surface area contributed by atoms with E-state index in [1.807, 2.05) is 6.20 Å². The number of anilines is 1. The van der Waals surface area contributed by atoms with Crippen molar-refractivity contribution >= 4 is 28.4 Å². The normalized spacial score (nSPS) is 23.5. The average Bonchev–Trinajstić information content (AvgIpc) is 3.43. The van der Waals surface area contributed by atoms with Crippen LogP contribution >= 0.6 is 0 Å². The topological polar surface area (TPSA) is 62.3 Å². The zero-order valence-electron chi connectivity index (χ0n) is 21.4. The van der Waals surface area contributed by atoms with E-state index in [-0.39, 0.29) is 17.6 Å². The molecule has 0 spiro atoms. The Bertz CT molecular complexity index is 1290. The first-order valence-corrected chi connectivity index (χ1v) is 12.8. The molecular weight excluding hydrogens is 453 g/mol. The molecule has 5 nitrogen and oxygen atoms in total. The summed E-state index contributed by atoms with van der Waals surface area (Å²) in [5.74, 6) is 1.63. The number of benzene rings is 2. The zero-order chi connectivity index (χ0) is 25.6. The minimum Gasteiger partial charge on any atom is -0.345 e. The van der Waals surface area contributed by atoms with Crippen LogP contribution in [0.4, 0.5) is 10.1 Å². The van der Waals surface area contributed by atoms with E-state index in [1.54, 1.807) is 50.5 Å². The van der Waals surface area contributed by atoms with Crippen LogP contribution in [-0.2, 0) is 4.79 Å². The van der Waals surface area contributed by atoms with E-state index in [2.05, 4.69) is 30.2 Å². The number of amides is 2. The summed E-state index contributed by atoms with van der Waals surface area (Å²) < 4.78 is 14.0. The lowest BCUT2D eigenvalue weighted by Gasteiger charge is -2.31. The summed E-state index contributed by atoms with van der Waals surface area (Å²) >= 11 is 0. The number of carbonyl (C=O) groups is 2. The van der Waals surface area contributed by atoms with Crippen LogP contribution in [0.3, 0.4) is 0 Å². The van der Waals surface area contributed by atoms with Crippen LogP contribution in [0, 0.1) is 29.0 Å². The molecule has 2 fully saturated rings. The molecule has 2 aliphatic carbocycles. The number of nitrogens with zero attached hydrogens (tertiary/aromatic N) is 2. The van der Waals surface area contributed by atoms with Crippen molar-refractivity contribution in [3.63, 3.8) is 0 Å². The fourth-order valence-electron chi connectivity index (χ4n) is 6.39. The Balaban J connectivity index is 1.24. The summed E-state index contributed by atoms with van der Waals surface area (Å²) in [7, 11) is 3.44. The van der Waals surface area contributed by atoms with Gasteiger partial charge in [0.05, 0.1) is 5.52 Å². The molecule has 1 aromatic heterocycles. The predicted octanol–water partition coefficient (Wildman–Crippen LogP) is 6.26. The largest absolute Gasteiger partial charge is 0.345 e. The van der Waals surface area contributed by atoms with Gasteiger partial charge in [-0.1, -0.05) is 13.8 Å². The summed E-state index contributed by atoms with van der Waals surface area (Å²) in [5, 5.41) is 4.00. The molecule has 1 heterocycles. The first kappa shape index (κ1) is 24.4. The molecule has 5 rings (SSSR count). The standard InChI is InChI=1S/C30H34FN3O2/c1-30(2,29(36)33-24-8-5-18(6-9-24)28(35)34(3)4)22-15-19-13-21(14-20(19)16-22)25-11-12-32-27-10-7-23(31)17-26(25)27/h5-12,17,19-22H,13-16H2,1-4H3,(H,33,36)/t19-,20+,21-,22+. The molecule has 2 saturated carbocycles. The number of fused-ring (bicyclic) bond motifs is 2. The molecule has 2 aromatic carbocycles. The highest BCUT2D eigenvalue weighted by Crippen LogP contribution is 2.56. The van der Waals surface area contributed by atoms with Crippen molar-refractivity contribution in [3.8, 4) is 0 Å². The van der Waals surface area contributed by atoms with Gasteiger partial charge in [0, 0.05) is 42.3 Å². The molecule has 0 aliphatic heterocycles. The molecule has 2 aliphatic rings. The Kier molecular flexibility index (Phi) is 6.31. The number of aromatic nitrogens is 1. The van der Waals surface area contributed by atoms with Gasteiger partial charge in [0.2, 0.25) is 5.91 Å². The van der Waals surface area contributed by atoms with E-state index in [4.69, 9.17) is 0 Å². The second-order valence-electron chi connectivity index (χ2n) is 11.4. The summed E-state index contributed by atoms with van der Waals surface area (Å²) in [6, 6.07) is 14.0. The van der Waals surface area contributed by atoms with Gasteiger partial charge in [-0.15, -0.1) is 0 Å². The third-order valence-corrected chi connectivity index (χ3v) is 8.59. The van der Waals surface area contributed by atoms with Crippen LogP contribution in [0.25, 0.3) is 10.9 Å². The maximum Gasteiger partial charge on any atom is 0.253 e. The van der Waals surface area contributed by atoms with Crippen molar-refractivity contribution in [2.24, 2.45) is 23.2 Å². The zero-order valence-corrected chi connectivity index (χ0v) is 21.4. The Hall–Kier alpha value is -3.28. The van der Waals surface area contributed by atoms with Gasteiger partial charge >= 0.3 is 0 Å². The quantitative estimate of drug-likeness (QED) is 0.462. The summed E-state index contributed by atoms with van der Waals surface area (Å²) in [4.78, 5) is 31.4. The van der Waals surface area contributed by atoms with Gasteiger partial charge in [-0.25, -0.2) is 4.39 Å². The Morgan fingerprint density at radius 2 is 1.64 bits per heavy atom. The van der Waals surface area contributed by atoms with Crippen LogP contribution < -0.4 is 5.32 Å². The van der Waals surface area contributed by atoms with Crippen molar-refractivity contribution in [2.75, 3.05) is 19.4 Å². The number of nitrogens with one attached hydrogen (secondary N) is 1. The maximum atomic E-state index is 14.0. The second-order valence-corrected chi connectivity index (χ2v) is 11.4. The van der Waals surface area contributed by atoms with Crippen LogP contribution in [0.5, 0.6) is 0 Å². The Labute approximate surface area is 212 Å². The minimum atomic E-state index is -0.496. The summed E-state index contributed by atoms with van der Waals surface area (Å²) in [6.45, 7) is 4.10. The Morgan fingerprint density at radius 1 is 0.972 bits per heavy atom. The van der Waals surface area contributed by atoms with Gasteiger partial charge in [-0.05, 0) is 103 Å². The predicted molar refractivity (Wildman–Crippen MR) is 140 cm³/mol. The molecule has 4 atom stereocenters. The molecule has 0 bridgehead atoms. The van der Waals surface area contributed by atoms with Crippen molar-refractivity contribution in [1.82, 2.24) is 9.88 Å². The number of rotatable bonds is 5. The first-order valence-electron chi connectivity index (χ1n) is 12.8. The van der Waals surface area contributed by atoms with Crippen molar-refractivity contribution in [1.29, 1.82) is 0 Å². The van der Waals surface area contributed by atoms with Crippen molar-refractivity contribution in [2.45, 2.75) is 45.4 Å². The van der Waals surface area contributed by atoms with Gasteiger partial charge in [-0.3, -0.25) is 14.6 Å². The van der Waals surface area contributed by atoms with Gasteiger partial charge in [-0.2, -0.15) is 0 Å². The highest BCUT2D eigenvalue weighted by Gasteiger charge is 2.49. The van der Waals surface area contributed by atoms with Crippen LogP contribution in [0.15, 0.2) is 54.7 Å². The van der Waals surface area contributed by atoms with Gasteiger partial charge < -0.3 is 10.2 Å². The number of halogens is 1. The smallest absolute Gasteiger partial charge is 0.253 e. The molecule has 3 aromatic rings. The van der Waals surface area contributed by atoms with E-state index < -0.39 is 5.41 Å². The molecule has 2 amide bonds. The molecule has 1 N–H and O–H groups in total. The summed E-state index contributed by atoms with van der Waals surface area (Å²) in [6.07, 6.45) is 6.07. The van der Waals surface area contributed by atoms with Crippen molar-refractivity contribution in [3.05, 3.63) is 71.7 Å². The molecular formula is C30H34FN3O2. The van der Waals surface area contributed by atoms with Gasteiger partial charge in [0.15, 0.2) is 0 Å². The van der Waals surface area contributed by atoms with Gasteiger partial charge in [0.1, 0.15) is 5.82 Å². The monoisotopic (exact) mass is 487 g/mol. The molecule has 36 heavy (non-hydrogen) atoms. The third-order valence-electron chi connectivity index (χ3n) is 8.59. The van der Waals surface area contributed by atoms with E-state index in [0.717, 1.165) is 36.6 Å². The lowest BCUT2D eigenvalue weighted by atomic mass is 9.75. The van der Waals surface area contributed by atoms with E-state index in [9.17, 15) is 14.0 Å². The highest BCUT2D eigenvalue weighted by atomic mass is 19.1. The third kappa shape index (κ3) is 4.49. The molecule has 0 saturated heterocycles. The molecule has 6 heteroatoms. The van der Waals surface area contributed by atoms with Crippen molar-refractivity contribution < 1.29 is 14.0 Å².